The van der Waals surface area contributed by atoms with E-state index >= 15 is 0 Å². The van der Waals surface area contributed by atoms with E-state index in [1.807, 2.05) is 31.2 Å². The lowest BCUT2D eigenvalue weighted by Gasteiger charge is -2.07. The summed E-state index contributed by atoms with van der Waals surface area (Å²) in [7, 11) is 1.64. The average molecular weight is 290 g/mol. The van der Waals surface area contributed by atoms with Crippen molar-refractivity contribution in [2.45, 2.75) is 19.0 Å². The minimum absolute atomic E-state index is 0.537. The molecule has 0 atom stereocenters. The second-order valence-corrected chi connectivity index (χ2v) is 5.18. The number of methoxy groups -OCH3 is 1. The van der Waals surface area contributed by atoms with Gasteiger partial charge in [0.2, 0.25) is 5.95 Å². The van der Waals surface area contributed by atoms with E-state index in [2.05, 4.69) is 33.5 Å². The zero-order valence-corrected chi connectivity index (χ0v) is 12.6. The van der Waals surface area contributed by atoms with Gasteiger partial charge in [0.05, 0.1) is 12.8 Å². The maximum atomic E-state index is 5.28. The van der Waals surface area contributed by atoms with Crippen molar-refractivity contribution >= 4 is 23.4 Å². The highest BCUT2D eigenvalue weighted by atomic mass is 32.2. The van der Waals surface area contributed by atoms with Crippen LogP contribution in [0.15, 0.2) is 41.1 Å². The van der Waals surface area contributed by atoms with Gasteiger partial charge >= 0.3 is 0 Å². The summed E-state index contributed by atoms with van der Waals surface area (Å²) in [4.78, 5) is 4.39. The summed E-state index contributed by atoms with van der Waals surface area (Å²) >= 11 is 1.63. The van der Waals surface area contributed by atoms with Crippen molar-refractivity contribution in [1.29, 1.82) is 0 Å². The van der Waals surface area contributed by atoms with Gasteiger partial charge in [-0.3, -0.25) is 5.10 Å². The summed E-state index contributed by atoms with van der Waals surface area (Å²) in [5, 5.41) is 11.0. The fourth-order valence-electron chi connectivity index (χ4n) is 1.50. The minimum atomic E-state index is 0.537. The molecule has 0 aliphatic carbocycles. The highest BCUT2D eigenvalue weighted by Crippen LogP contribution is 2.26. The first-order valence-electron chi connectivity index (χ1n) is 6.30. The number of anilines is 2. The first-order valence-corrected chi connectivity index (χ1v) is 7.28. The van der Waals surface area contributed by atoms with Gasteiger partial charge < -0.3 is 10.1 Å². The molecule has 0 fully saturated rings. The van der Waals surface area contributed by atoms with Gasteiger partial charge in [-0.15, -0.1) is 5.10 Å². The molecule has 1 aromatic heterocycles. The molecule has 0 saturated carbocycles. The molecule has 0 amide bonds. The molecular formula is C14H18N4OS. The highest BCUT2D eigenvalue weighted by molar-refractivity contribution is 7.99. The van der Waals surface area contributed by atoms with Crippen LogP contribution in [0.2, 0.25) is 0 Å². The normalized spacial score (nSPS) is 11.4. The smallest absolute Gasteiger partial charge is 0.247 e. The molecule has 5 nitrogen and oxygen atoms in total. The van der Waals surface area contributed by atoms with Crippen molar-refractivity contribution in [2.75, 3.05) is 18.2 Å². The summed E-state index contributed by atoms with van der Waals surface area (Å²) in [5.74, 6) is 2.20. The van der Waals surface area contributed by atoms with Gasteiger partial charge in [0, 0.05) is 5.75 Å². The molecule has 1 heterocycles. The first kappa shape index (κ1) is 14.5. The average Bonchev–Trinajstić information content (AvgIpc) is 2.93. The summed E-state index contributed by atoms with van der Waals surface area (Å²) in [6.45, 7) is 4.13. The molecule has 1 aromatic carbocycles. The highest BCUT2D eigenvalue weighted by Gasteiger charge is 2.07. The molecule has 0 aliphatic rings. The number of hydrogen-bond donors (Lipinski definition) is 2. The third-order valence-electron chi connectivity index (χ3n) is 2.75. The Bertz CT molecular complexity index is 594. The fraction of sp³-hybridized carbons (Fsp3) is 0.286. The number of H-pyrrole nitrogens is 1. The molecule has 0 spiro atoms. The lowest BCUT2D eigenvalue weighted by molar-refractivity contribution is 0.417. The van der Waals surface area contributed by atoms with E-state index in [1.54, 1.807) is 18.9 Å². The Morgan fingerprint density at radius 2 is 2.25 bits per heavy atom. The summed E-state index contributed by atoms with van der Waals surface area (Å²) in [5.41, 5.74) is 2.15. The zero-order valence-electron chi connectivity index (χ0n) is 11.8. The zero-order chi connectivity index (χ0) is 14.4. The van der Waals surface area contributed by atoms with Gasteiger partial charge in [-0.05, 0) is 26.0 Å². The first-order chi connectivity index (χ1) is 9.72. The quantitative estimate of drug-likeness (QED) is 0.628. The Kier molecular flexibility index (Phi) is 5.06. The lowest BCUT2D eigenvalue weighted by Crippen LogP contribution is -1.95. The monoisotopic (exact) mass is 290 g/mol. The Morgan fingerprint density at radius 1 is 1.45 bits per heavy atom. The number of allylic oxidation sites excluding steroid dienone is 1. The third-order valence-corrected chi connectivity index (χ3v) is 3.80. The second kappa shape index (κ2) is 7.00. The number of rotatable bonds is 6. The van der Waals surface area contributed by atoms with Crippen molar-refractivity contribution in [3.63, 3.8) is 0 Å². The molecule has 0 bridgehead atoms. The van der Waals surface area contributed by atoms with E-state index in [4.69, 9.17) is 4.74 Å². The predicted octanol–water partition coefficient (Wildman–Crippen LogP) is 3.62. The van der Waals surface area contributed by atoms with E-state index in [0.29, 0.717) is 5.95 Å². The number of benzene rings is 1. The molecule has 6 heteroatoms. The van der Waals surface area contributed by atoms with Crippen LogP contribution in [-0.2, 0) is 0 Å². The number of nitrogens with one attached hydrogen (secondary N) is 2. The van der Waals surface area contributed by atoms with Crippen LogP contribution in [0.3, 0.4) is 0 Å². The molecule has 2 aromatic rings. The molecule has 0 saturated heterocycles. The van der Waals surface area contributed by atoms with E-state index < -0.39 is 0 Å². The number of hydrogen-bond acceptors (Lipinski definition) is 5. The third kappa shape index (κ3) is 3.77. The maximum Gasteiger partial charge on any atom is 0.247 e. The number of thioether (sulfide) groups is 1. The van der Waals surface area contributed by atoms with Crippen LogP contribution < -0.4 is 10.1 Å². The molecule has 0 radical (unpaired) electrons. The van der Waals surface area contributed by atoms with Gasteiger partial charge in [0.1, 0.15) is 5.75 Å². The Labute approximate surface area is 122 Å². The summed E-state index contributed by atoms with van der Waals surface area (Å²) in [6, 6.07) is 7.66. The van der Waals surface area contributed by atoms with Gasteiger partial charge in [-0.2, -0.15) is 4.98 Å². The van der Waals surface area contributed by atoms with Crippen molar-refractivity contribution in [3.8, 4) is 5.75 Å². The Hall–Kier alpha value is -1.95. The van der Waals surface area contributed by atoms with Gasteiger partial charge in [0.15, 0.2) is 5.16 Å². The molecule has 0 unspecified atom stereocenters. The number of aromatic nitrogens is 3. The molecule has 2 rings (SSSR count). The van der Waals surface area contributed by atoms with Gasteiger partial charge in [-0.1, -0.05) is 35.5 Å². The second-order valence-electron chi connectivity index (χ2n) is 4.21. The van der Waals surface area contributed by atoms with E-state index in [-0.39, 0.29) is 0 Å². The number of nitrogens with zero attached hydrogens (tertiary/aromatic N) is 2. The van der Waals surface area contributed by atoms with Crippen LogP contribution in [0.25, 0.3) is 0 Å². The number of aromatic amines is 1. The van der Waals surface area contributed by atoms with Crippen LogP contribution in [0.1, 0.15) is 13.8 Å². The van der Waals surface area contributed by atoms with E-state index in [9.17, 15) is 0 Å². The maximum absolute atomic E-state index is 5.28. The largest absolute Gasteiger partial charge is 0.495 e. The number of para-hydroxylation sites is 2. The molecule has 20 heavy (non-hydrogen) atoms. The van der Waals surface area contributed by atoms with Crippen LogP contribution in [0.4, 0.5) is 11.6 Å². The standard InChI is InChI=1S/C14H18N4OS/c1-4-10(2)9-20-14-16-13(17-18-14)15-11-7-5-6-8-12(11)19-3/h4-8H,9H2,1-3H3,(H2,15,16,17,18)/b10-4+. The van der Waals surface area contributed by atoms with Crippen molar-refractivity contribution in [1.82, 2.24) is 15.2 Å². The fourth-order valence-corrected chi connectivity index (χ4v) is 2.29. The molecular weight excluding hydrogens is 272 g/mol. The van der Waals surface area contributed by atoms with Crippen LogP contribution >= 0.6 is 11.8 Å². The Morgan fingerprint density at radius 3 is 3.00 bits per heavy atom. The van der Waals surface area contributed by atoms with Crippen molar-refractivity contribution in [3.05, 3.63) is 35.9 Å². The Balaban J connectivity index is 2.02. The minimum Gasteiger partial charge on any atom is -0.495 e. The predicted molar refractivity (Wildman–Crippen MR) is 82.8 cm³/mol. The van der Waals surface area contributed by atoms with E-state index in [1.165, 1.54) is 5.57 Å². The topological polar surface area (TPSA) is 62.8 Å². The van der Waals surface area contributed by atoms with Gasteiger partial charge in [0.25, 0.3) is 0 Å². The number of ether oxygens (including phenoxy) is 1. The van der Waals surface area contributed by atoms with E-state index in [0.717, 1.165) is 22.3 Å². The summed E-state index contributed by atoms with van der Waals surface area (Å²) in [6.07, 6.45) is 2.09. The SMILES string of the molecule is C/C=C(\C)CSc1nc(Nc2ccccc2OC)n[nH]1. The van der Waals surface area contributed by atoms with Crippen LogP contribution in [0.5, 0.6) is 5.75 Å². The molecule has 2 N–H and O–H groups in total. The lowest BCUT2D eigenvalue weighted by atomic mass is 10.3. The van der Waals surface area contributed by atoms with Crippen molar-refractivity contribution in [2.24, 2.45) is 0 Å². The molecule has 0 aliphatic heterocycles. The van der Waals surface area contributed by atoms with Crippen LogP contribution in [0, 0.1) is 0 Å². The van der Waals surface area contributed by atoms with Crippen LogP contribution in [-0.4, -0.2) is 28.0 Å². The van der Waals surface area contributed by atoms with Crippen molar-refractivity contribution < 1.29 is 4.74 Å². The summed E-state index contributed by atoms with van der Waals surface area (Å²) < 4.78 is 5.28. The van der Waals surface area contributed by atoms with Gasteiger partial charge in [-0.25, -0.2) is 0 Å². The molecule has 106 valence electrons.